The second-order valence-electron chi connectivity index (χ2n) is 2.53. The highest BCUT2D eigenvalue weighted by molar-refractivity contribution is 9.11. The summed E-state index contributed by atoms with van der Waals surface area (Å²) < 4.78 is 1.62. The zero-order valence-electron chi connectivity index (χ0n) is 7.09. The lowest BCUT2D eigenvalue weighted by molar-refractivity contribution is -0.107. The van der Waals surface area contributed by atoms with Gasteiger partial charge in [0.2, 0.25) is 0 Å². The monoisotopic (exact) mass is 319 g/mol. The van der Waals surface area contributed by atoms with E-state index >= 15 is 0 Å². The van der Waals surface area contributed by atoms with Crippen molar-refractivity contribution in [3.63, 3.8) is 0 Å². The van der Waals surface area contributed by atoms with Crippen LogP contribution in [0.25, 0.3) is 0 Å². The van der Waals surface area contributed by atoms with E-state index in [9.17, 15) is 9.59 Å². The maximum Gasteiger partial charge on any atom is 0.251 e. The molecule has 0 bridgehead atoms. The van der Waals surface area contributed by atoms with Crippen LogP contribution in [0, 0.1) is 0 Å². The predicted molar refractivity (Wildman–Crippen MR) is 60.2 cm³/mol. The lowest BCUT2D eigenvalue weighted by Crippen LogP contribution is -2.25. The molecule has 0 heterocycles. The average molecular weight is 321 g/mol. The van der Waals surface area contributed by atoms with E-state index in [1.807, 2.05) is 6.07 Å². The van der Waals surface area contributed by atoms with Crippen molar-refractivity contribution in [1.82, 2.24) is 5.32 Å². The van der Waals surface area contributed by atoms with Gasteiger partial charge in [0.1, 0.15) is 6.29 Å². The lowest BCUT2D eigenvalue weighted by Gasteiger charge is -2.02. The molecular formula is C9H7Br2NO2. The molecule has 0 aromatic heterocycles. The molecule has 74 valence electrons. The molecule has 14 heavy (non-hydrogen) atoms. The molecule has 1 rings (SSSR count). The Balaban J connectivity index is 2.84. The van der Waals surface area contributed by atoms with Gasteiger partial charge in [0.25, 0.3) is 5.91 Å². The predicted octanol–water partition coefficient (Wildman–Crippen LogP) is 2.14. The molecule has 3 nitrogen and oxygen atoms in total. The summed E-state index contributed by atoms with van der Waals surface area (Å²) in [5, 5.41) is 2.45. The van der Waals surface area contributed by atoms with Crippen molar-refractivity contribution in [3.8, 4) is 0 Å². The number of carbonyl (C=O) groups excluding carboxylic acids is 2. The van der Waals surface area contributed by atoms with E-state index in [-0.39, 0.29) is 12.5 Å². The summed E-state index contributed by atoms with van der Waals surface area (Å²) in [6, 6.07) is 5.20. The molecule has 0 aliphatic heterocycles. The Morgan fingerprint density at radius 2 is 1.86 bits per heavy atom. The molecule has 0 saturated carbocycles. The maximum atomic E-state index is 11.4. The SMILES string of the molecule is O=CCNC(=O)c1cc(Br)cc(Br)c1. The molecule has 0 spiro atoms. The Kier molecular flexibility index (Phi) is 4.28. The molecular weight excluding hydrogens is 314 g/mol. The summed E-state index contributed by atoms with van der Waals surface area (Å²) in [6.07, 6.45) is 0.644. The Morgan fingerprint density at radius 3 is 2.36 bits per heavy atom. The smallest absolute Gasteiger partial charge is 0.251 e. The van der Waals surface area contributed by atoms with Gasteiger partial charge in [-0.3, -0.25) is 4.79 Å². The largest absolute Gasteiger partial charge is 0.345 e. The van der Waals surface area contributed by atoms with Crippen molar-refractivity contribution in [2.24, 2.45) is 0 Å². The number of rotatable bonds is 3. The highest BCUT2D eigenvalue weighted by Gasteiger charge is 2.06. The van der Waals surface area contributed by atoms with E-state index in [4.69, 9.17) is 0 Å². The number of hydrogen-bond acceptors (Lipinski definition) is 2. The molecule has 0 fully saturated rings. The van der Waals surface area contributed by atoms with Crippen molar-refractivity contribution in [3.05, 3.63) is 32.7 Å². The standard InChI is InChI=1S/C9H7Br2NO2/c10-7-3-6(4-8(11)5-7)9(14)12-1-2-13/h2-5H,1H2,(H,12,14). The minimum atomic E-state index is -0.265. The van der Waals surface area contributed by atoms with Crippen molar-refractivity contribution in [1.29, 1.82) is 0 Å². The molecule has 0 aliphatic carbocycles. The molecule has 0 aliphatic rings. The summed E-state index contributed by atoms with van der Waals surface area (Å²) >= 11 is 6.54. The fourth-order valence-electron chi connectivity index (χ4n) is 0.921. The molecule has 0 saturated heterocycles. The number of halogens is 2. The zero-order valence-corrected chi connectivity index (χ0v) is 10.3. The molecule has 1 amide bonds. The normalized spacial score (nSPS) is 9.57. The third kappa shape index (κ3) is 3.23. The van der Waals surface area contributed by atoms with E-state index in [0.29, 0.717) is 11.8 Å². The van der Waals surface area contributed by atoms with Crippen LogP contribution in [0.5, 0.6) is 0 Å². The minimum Gasteiger partial charge on any atom is -0.345 e. The number of benzene rings is 1. The van der Waals surface area contributed by atoms with Crippen LogP contribution in [0.4, 0.5) is 0 Å². The molecule has 5 heteroatoms. The molecule has 1 aromatic rings. The summed E-state index contributed by atoms with van der Waals surface area (Å²) in [4.78, 5) is 21.4. The summed E-state index contributed by atoms with van der Waals surface area (Å²) in [7, 11) is 0. The molecule has 1 aromatic carbocycles. The number of nitrogens with one attached hydrogen (secondary N) is 1. The maximum absolute atomic E-state index is 11.4. The van der Waals surface area contributed by atoms with Crippen LogP contribution >= 0.6 is 31.9 Å². The van der Waals surface area contributed by atoms with Crippen LogP contribution < -0.4 is 5.32 Å². The number of carbonyl (C=O) groups is 2. The van der Waals surface area contributed by atoms with Gasteiger partial charge in [-0.1, -0.05) is 31.9 Å². The highest BCUT2D eigenvalue weighted by Crippen LogP contribution is 2.19. The Morgan fingerprint density at radius 1 is 1.29 bits per heavy atom. The Hall–Kier alpha value is -0.680. The van der Waals surface area contributed by atoms with Crippen LogP contribution in [0.2, 0.25) is 0 Å². The first-order chi connectivity index (χ1) is 6.63. The van der Waals surface area contributed by atoms with Crippen molar-refractivity contribution < 1.29 is 9.59 Å². The zero-order chi connectivity index (χ0) is 10.6. The van der Waals surface area contributed by atoms with Gasteiger partial charge >= 0.3 is 0 Å². The number of aldehydes is 1. The van der Waals surface area contributed by atoms with Crippen molar-refractivity contribution in [2.75, 3.05) is 6.54 Å². The summed E-state index contributed by atoms with van der Waals surface area (Å²) in [5.74, 6) is -0.265. The first-order valence-corrected chi connectivity index (χ1v) is 5.40. The molecule has 0 unspecified atom stereocenters. The van der Waals surface area contributed by atoms with Gasteiger partial charge in [0.05, 0.1) is 6.54 Å². The second-order valence-corrected chi connectivity index (χ2v) is 4.37. The van der Waals surface area contributed by atoms with E-state index in [2.05, 4.69) is 37.2 Å². The van der Waals surface area contributed by atoms with Gasteiger partial charge in [-0.05, 0) is 18.2 Å². The lowest BCUT2D eigenvalue weighted by atomic mass is 10.2. The first kappa shape index (κ1) is 11.4. The van der Waals surface area contributed by atoms with E-state index < -0.39 is 0 Å². The van der Waals surface area contributed by atoms with Gasteiger partial charge in [0.15, 0.2) is 0 Å². The number of amides is 1. The van der Waals surface area contributed by atoms with Crippen LogP contribution in [-0.2, 0) is 4.79 Å². The van der Waals surface area contributed by atoms with Crippen molar-refractivity contribution in [2.45, 2.75) is 0 Å². The van der Waals surface area contributed by atoms with Gasteiger partial charge < -0.3 is 10.1 Å². The van der Waals surface area contributed by atoms with E-state index in [1.54, 1.807) is 12.1 Å². The quantitative estimate of drug-likeness (QED) is 0.867. The van der Waals surface area contributed by atoms with Crippen LogP contribution in [0.3, 0.4) is 0 Å². The minimum absolute atomic E-state index is 0.0307. The molecule has 0 radical (unpaired) electrons. The molecule has 1 N–H and O–H groups in total. The summed E-state index contributed by atoms with van der Waals surface area (Å²) in [5.41, 5.74) is 0.508. The number of hydrogen-bond donors (Lipinski definition) is 1. The van der Waals surface area contributed by atoms with Crippen LogP contribution in [-0.4, -0.2) is 18.7 Å². The van der Waals surface area contributed by atoms with Crippen LogP contribution in [0.15, 0.2) is 27.1 Å². The third-order valence-corrected chi connectivity index (χ3v) is 2.39. The van der Waals surface area contributed by atoms with Gasteiger partial charge in [-0.2, -0.15) is 0 Å². The van der Waals surface area contributed by atoms with Gasteiger partial charge in [0, 0.05) is 14.5 Å². The highest BCUT2D eigenvalue weighted by atomic mass is 79.9. The topological polar surface area (TPSA) is 46.2 Å². The first-order valence-electron chi connectivity index (χ1n) is 3.81. The van der Waals surface area contributed by atoms with E-state index in [1.165, 1.54) is 0 Å². The fraction of sp³-hybridized carbons (Fsp3) is 0.111. The summed E-state index contributed by atoms with van der Waals surface area (Å²) in [6.45, 7) is 0.0307. The van der Waals surface area contributed by atoms with Crippen molar-refractivity contribution >= 4 is 44.1 Å². The van der Waals surface area contributed by atoms with Gasteiger partial charge in [-0.15, -0.1) is 0 Å². The van der Waals surface area contributed by atoms with Gasteiger partial charge in [-0.25, -0.2) is 0 Å². The Labute approximate surface area is 98.1 Å². The Bertz CT molecular complexity index is 346. The average Bonchev–Trinajstić information content (AvgIpc) is 2.12. The second kappa shape index (κ2) is 5.26. The van der Waals surface area contributed by atoms with E-state index in [0.717, 1.165) is 8.95 Å². The molecule has 0 atom stereocenters. The van der Waals surface area contributed by atoms with Crippen LogP contribution in [0.1, 0.15) is 10.4 Å². The fourth-order valence-corrected chi connectivity index (χ4v) is 2.22. The third-order valence-electron chi connectivity index (χ3n) is 1.47.